The number of nitrogens with one attached hydrogen (secondary N) is 1. The first-order valence-electron chi connectivity index (χ1n) is 6.04. The number of hydrogen-bond donors (Lipinski definition) is 1. The molecule has 0 bridgehead atoms. The average molecular weight is 271 g/mol. The maximum Gasteiger partial charge on any atom is 0.340 e. The lowest BCUT2D eigenvalue weighted by molar-refractivity contribution is 0.0527. The lowest BCUT2D eigenvalue weighted by atomic mass is 10.1. The first-order chi connectivity index (χ1) is 8.33. The van der Waals surface area contributed by atoms with E-state index in [0.29, 0.717) is 12.2 Å². The number of carbonyl (C=O) groups is 1. The summed E-state index contributed by atoms with van der Waals surface area (Å²) in [6.45, 7) is 6.00. The third kappa shape index (κ3) is 3.37. The summed E-state index contributed by atoms with van der Waals surface area (Å²) in [5.41, 5.74) is 1.64. The lowest BCUT2D eigenvalue weighted by Crippen LogP contribution is -2.44. The highest BCUT2D eigenvalue weighted by Gasteiger charge is 2.18. The van der Waals surface area contributed by atoms with Crippen molar-refractivity contribution < 1.29 is 9.53 Å². The number of esters is 1. The molecule has 0 spiro atoms. The SMILES string of the molecule is CCOC(=O)c1ccccc1N1CCNCC1.Cl. The molecule has 1 saturated heterocycles. The predicted molar refractivity (Wildman–Crippen MR) is 74.7 cm³/mol. The Morgan fingerprint density at radius 3 is 2.67 bits per heavy atom. The zero-order chi connectivity index (χ0) is 12.1. The molecule has 100 valence electrons. The Balaban J connectivity index is 0.00000162. The quantitative estimate of drug-likeness (QED) is 0.849. The van der Waals surface area contributed by atoms with E-state index in [-0.39, 0.29) is 18.4 Å². The molecule has 0 saturated carbocycles. The number of halogens is 1. The van der Waals surface area contributed by atoms with E-state index < -0.39 is 0 Å². The van der Waals surface area contributed by atoms with Crippen LogP contribution in [0.5, 0.6) is 0 Å². The second kappa shape index (κ2) is 7.24. The fourth-order valence-electron chi connectivity index (χ4n) is 2.04. The van der Waals surface area contributed by atoms with Crippen LogP contribution in [0, 0.1) is 0 Å². The minimum absolute atomic E-state index is 0. The van der Waals surface area contributed by atoms with Gasteiger partial charge in [-0.3, -0.25) is 0 Å². The molecule has 1 aliphatic rings. The van der Waals surface area contributed by atoms with Gasteiger partial charge in [-0.15, -0.1) is 12.4 Å². The number of carbonyl (C=O) groups excluding carboxylic acids is 1. The standard InChI is InChI=1S/C13H18N2O2.ClH/c1-2-17-13(16)11-5-3-4-6-12(11)15-9-7-14-8-10-15;/h3-6,14H,2,7-10H2,1H3;1H. The highest BCUT2D eigenvalue weighted by atomic mass is 35.5. The van der Waals surface area contributed by atoms with Crippen LogP contribution < -0.4 is 10.2 Å². The van der Waals surface area contributed by atoms with Crippen molar-refractivity contribution in [3.63, 3.8) is 0 Å². The minimum atomic E-state index is -0.235. The van der Waals surface area contributed by atoms with Gasteiger partial charge >= 0.3 is 5.97 Å². The Morgan fingerprint density at radius 2 is 2.00 bits per heavy atom. The Morgan fingerprint density at radius 1 is 1.33 bits per heavy atom. The molecule has 2 rings (SSSR count). The van der Waals surface area contributed by atoms with Gasteiger partial charge in [0, 0.05) is 26.2 Å². The van der Waals surface area contributed by atoms with Crippen LogP contribution in [0.2, 0.25) is 0 Å². The van der Waals surface area contributed by atoms with Crippen LogP contribution in [0.4, 0.5) is 5.69 Å². The summed E-state index contributed by atoms with van der Waals surface area (Å²) in [5, 5.41) is 3.30. The molecule has 1 aromatic carbocycles. The van der Waals surface area contributed by atoms with Crippen LogP contribution >= 0.6 is 12.4 Å². The third-order valence-electron chi connectivity index (χ3n) is 2.86. The van der Waals surface area contributed by atoms with Gasteiger partial charge in [0.05, 0.1) is 17.9 Å². The number of nitrogens with zero attached hydrogens (tertiary/aromatic N) is 1. The summed E-state index contributed by atoms with van der Waals surface area (Å²) in [4.78, 5) is 14.1. The van der Waals surface area contributed by atoms with E-state index in [1.165, 1.54) is 0 Å². The summed E-state index contributed by atoms with van der Waals surface area (Å²) in [6, 6.07) is 7.64. The maximum atomic E-state index is 11.8. The summed E-state index contributed by atoms with van der Waals surface area (Å²) >= 11 is 0. The number of rotatable bonds is 3. The molecule has 0 aromatic heterocycles. The number of piperazine rings is 1. The van der Waals surface area contributed by atoms with E-state index in [1.807, 2.05) is 31.2 Å². The van der Waals surface area contributed by atoms with Crippen LogP contribution in [0.1, 0.15) is 17.3 Å². The molecule has 1 fully saturated rings. The van der Waals surface area contributed by atoms with Crippen LogP contribution in [-0.2, 0) is 4.74 Å². The van der Waals surface area contributed by atoms with Crippen molar-refractivity contribution in [2.45, 2.75) is 6.92 Å². The lowest BCUT2D eigenvalue weighted by Gasteiger charge is -2.30. The van der Waals surface area contributed by atoms with Crippen molar-refractivity contribution in [2.24, 2.45) is 0 Å². The third-order valence-corrected chi connectivity index (χ3v) is 2.86. The van der Waals surface area contributed by atoms with Crippen molar-refractivity contribution >= 4 is 24.1 Å². The Hall–Kier alpha value is -1.26. The van der Waals surface area contributed by atoms with Gasteiger partial charge in [0.2, 0.25) is 0 Å². The van der Waals surface area contributed by atoms with E-state index in [9.17, 15) is 4.79 Å². The van der Waals surface area contributed by atoms with Crippen molar-refractivity contribution in [2.75, 3.05) is 37.7 Å². The predicted octanol–water partition coefficient (Wildman–Crippen LogP) is 1.69. The second-order valence-corrected chi connectivity index (χ2v) is 3.97. The van der Waals surface area contributed by atoms with E-state index >= 15 is 0 Å². The first kappa shape index (κ1) is 14.8. The second-order valence-electron chi connectivity index (χ2n) is 3.97. The van der Waals surface area contributed by atoms with Crippen LogP contribution in [0.15, 0.2) is 24.3 Å². The Bertz CT molecular complexity index is 392. The van der Waals surface area contributed by atoms with Crippen molar-refractivity contribution in [1.82, 2.24) is 5.32 Å². The largest absolute Gasteiger partial charge is 0.462 e. The molecule has 1 heterocycles. The zero-order valence-electron chi connectivity index (χ0n) is 10.5. The van der Waals surface area contributed by atoms with E-state index in [4.69, 9.17) is 4.74 Å². The summed E-state index contributed by atoms with van der Waals surface area (Å²) in [5.74, 6) is -0.235. The number of anilines is 1. The molecule has 0 unspecified atom stereocenters. The monoisotopic (exact) mass is 270 g/mol. The van der Waals surface area contributed by atoms with Crippen LogP contribution in [0.25, 0.3) is 0 Å². The summed E-state index contributed by atoms with van der Waals surface area (Å²) in [6.07, 6.45) is 0. The first-order valence-corrected chi connectivity index (χ1v) is 6.04. The normalized spacial score (nSPS) is 14.8. The highest BCUT2D eigenvalue weighted by molar-refractivity contribution is 5.95. The van der Waals surface area contributed by atoms with Crippen LogP contribution in [0.3, 0.4) is 0 Å². The van der Waals surface area contributed by atoms with Crippen molar-refractivity contribution in [3.8, 4) is 0 Å². The minimum Gasteiger partial charge on any atom is -0.462 e. The highest BCUT2D eigenvalue weighted by Crippen LogP contribution is 2.21. The van der Waals surface area contributed by atoms with Gasteiger partial charge < -0.3 is 15.0 Å². The maximum absolute atomic E-state index is 11.8. The van der Waals surface area contributed by atoms with Crippen LogP contribution in [-0.4, -0.2) is 38.8 Å². The van der Waals surface area contributed by atoms with Crippen molar-refractivity contribution in [3.05, 3.63) is 29.8 Å². The molecular weight excluding hydrogens is 252 g/mol. The molecule has 5 heteroatoms. The molecule has 1 aromatic rings. The molecular formula is C13H19ClN2O2. The fourth-order valence-corrected chi connectivity index (χ4v) is 2.04. The molecule has 0 atom stereocenters. The summed E-state index contributed by atoms with van der Waals surface area (Å²) in [7, 11) is 0. The number of hydrogen-bond acceptors (Lipinski definition) is 4. The average Bonchev–Trinajstić information content (AvgIpc) is 2.40. The van der Waals surface area contributed by atoms with E-state index in [1.54, 1.807) is 0 Å². The Kier molecular flexibility index (Phi) is 5.95. The molecule has 0 radical (unpaired) electrons. The van der Waals surface area contributed by atoms with Gasteiger partial charge in [-0.1, -0.05) is 12.1 Å². The molecule has 0 aliphatic carbocycles. The fraction of sp³-hybridized carbons (Fsp3) is 0.462. The number of ether oxygens (including phenoxy) is 1. The van der Waals surface area contributed by atoms with Gasteiger partial charge in [0.1, 0.15) is 0 Å². The topological polar surface area (TPSA) is 41.6 Å². The molecule has 1 aliphatic heterocycles. The van der Waals surface area contributed by atoms with Gasteiger partial charge in [0.15, 0.2) is 0 Å². The smallest absolute Gasteiger partial charge is 0.340 e. The van der Waals surface area contributed by atoms with E-state index in [2.05, 4.69) is 10.2 Å². The number of benzene rings is 1. The van der Waals surface area contributed by atoms with Gasteiger partial charge in [0.25, 0.3) is 0 Å². The molecule has 4 nitrogen and oxygen atoms in total. The number of para-hydroxylation sites is 1. The van der Waals surface area contributed by atoms with E-state index in [0.717, 1.165) is 31.9 Å². The molecule has 1 N–H and O–H groups in total. The van der Waals surface area contributed by atoms with Crippen molar-refractivity contribution in [1.29, 1.82) is 0 Å². The Labute approximate surface area is 114 Å². The molecule has 18 heavy (non-hydrogen) atoms. The summed E-state index contributed by atoms with van der Waals surface area (Å²) < 4.78 is 5.08. The van der Waals surface area contributed by atoms with Gasteiger partial charge in [-0.2, -0.15) is 0 Å². The zero-order valence-corrected chi connectivity index (χ0v) is 11.3. The van der Waals surface area contributed by atoms with Gasteiger partial charge in [-0.25, -0.2) is 4.79 Å². The molecule has 0 amide bonds. The van der Waals surface area contributed by atoms with Gasteiger partial charge in [-0.05, 0) is 19.1 Å².